The van der Waals surface area contributed by atoms with Crippen molar-refractivity contribution >= 4 is 43.7 Å². The maximum Gasteiger partial charge on any atom is 0.0857 e. The molecule has 0 aromatic heterocycles. The van der Waals surface area contributed by atoms with E-state index in [1.54, 1.807) is 0 Å². The minimum absolute atomic E-state index is 0.872. The maximum atomic E-state index is 4.10. The quantitative estimate of drug-likeness (QED) is 0.211. The summed E-state index contributed by atoms with van der Waals surface area (Å²) in [4.78, 5) is 0. The molecule has 0 fully saturated rings. The Balaban J connectivity index is 0.000000130. The first-order valence-corrected chi connectivity index (χ1v) is 10.0. The number of hydrogen-bond donors (Lipinski definition) is 0. The molecule has 142 valence electrons. The van der Waals surface area contributed by atoms with Crippen molar-refractivity contribution in [3.05, 3.63) is 121 Å². The summed E-state index contributed by atoms with van der Waals surface area (Å²) in [6.45, 7) is 0. The van der Waals surface area contributed by atoms with E-state index in [9.17, 15) is 0 Å². The minimum Gasteiger partial charge on any atom is -0.151 e. The average molecular weight is 384 g/mol. The highest BCUT2D eigenvalue weighted by Gasteiger charge is 2.05. The molecule has 0 saturated carbocycles. The Kier molecular flexibility index (Phi) is 4.89. The van der Waals surface area contributed by atoms with Crippen LogP contribution < -0.4 is 0 Å². The standard InChI is InChI=1S/C16H10.C12H10N2/c1-3-11-7-9-13-5-2-6-14-10-8-12(4-1)15(11)16(13)14;1-3-7-11(8-4-1)13-14-12-9-5-2-6-10-12/h1-10H;1-10H. The van der Waals surface area contributed by atoms with Gasteiger partial charge in [0.25, 0.3) is 0 Å². The molecule has 0 bridgehead atoms. The lowest BCUT2D eigenvalue weighted by Gasteiger charge is -2.09. The smallest absolute Gasteiger partial charge is 0.0857 e. The van der Waals surface area contributed by atoms with E-state index < -0.39 is 0 Å². The molecule has 0 atom stereocenters. The van der Waals surface area contributed by atoms with Crippen LogP contribution in [0.2, 0.25) is 0 Å². The summed E-state index contributed by atoms with van der Waals surface area (Å²) in [5.41, 5.74) is 1.74. The van der Waals surface area contributed by atoms with Crippen LogP contribution in [0, 0.1) is 0 Å². The number of nitrogens with zero attached hydrogens (tertiary/aromatic N) is 2. The molecule has 6 rings (SSSR count). The van der Waals surface area contributed by atoms with Gasteiger partial charge in [-0.2, -0.15) is 10.2 Å². The van der Waals surface area contributed by atoms with E-state index in [1.807, 2.05) is 60.7 Å². The topological polar surface area (TPSA) is 24.7 Å². The molecule has 0 aliphatic rings. The summed E-state index contributed by atoms with van der Waals surface area (Å²) < 4.78 is 0. The second kappa shape index (κ2) is 8.14. The highest BCUT2D eigenvalue weighted by atomic mass is 15.1. The molecule has 2 nitrogen and oxygen atoms in total. The molecule has 6 aromatic rings. The van der Waals surface area contributed by atoms with E-state index in [0.29, 0.717) is 0 Å². The zero-order valence-corrected chi connectivity index (χ0v) is 16.4. The molecular formula is C28H20N2. The van der Waals surface area contributed by atoms with Crippen LogP contribution in [0.5, 0.6) is 0 Å². The summed E-state index contributed by atoms with van der Waals surface area (Å²) >= 11 is 0. The van der Waals surface area contributed by atoms with Crippen LogP contribution in [-0.2, 0) is 0 Å². The molecule has 0 radical (unpaired) electrons. The lowest BCUT2D eigenvalue weighted by Crippen LogP contribution is -1.82. The largest absolute Gasteiger partial charge is 0.151 e. The van der Waals surface area contributed by atoms with Crippen molar-refractivity contribution in [2.24, 2.45) is 10.2 Å². The molecule has 0 aliphatic carbocycles. The van der Waals surface area contributed by atoms with Gasteiger partial charge in [0.2, 0.25) is 0 Å². The minimum atomic E-state index is 0.872. The summed E-state index contributed by atoms with van der Waals surface area (Å²) in [6.07, 6.45) is 0. The molecule has 0 amide bonds. The third-order valence-corrected chi connectivity index (χ3v) is 5.19. The monoisotopic (exact) mass is 384 g/mol. The highest BCUT2D eigenvalue weighted by Crippen LogP contribution is 2.33. The molecule has 0 saturated heterocycles. The Morgan fingerprint density at radius 1 is 0.300 bits per heavy atom. The first kappa shape index (κ1) is 18.0. The average Bonchev–Trinajstić information content (AvgIpc) is 2.83. The van der Waals surface area contributed by atoms with E-state index in [1.165, 1.54) is 32.3 Å². The number of hydrogen-bond acceptors (Lipinski definition) is 2. The van der Waals surface area contributed by atoms with Gasteiger partial charge in [-0.05, 0) is 56.6 Å². The first-order valence-electron chi connectivity index (χ1n) is 10.0. The summed E-state index contributed by atoms with van der Waals surface area (Å²) in [5.74, 6) is 0. The van der Waals surface area contributed by atoms with Gasteiger partial charge in [-0.15, -0.1) is 0 Å². The van der Waals surface area contributed by atoms with E-state index >= 15 is 0 Å². The molecule has 6 aromatic carbocycles. The van der Waals surface area contributed by atoms with Gasteiger partial charge in [-0.25, -0.2) is 0 Å². The third kappa shape index (κ3) is 3.63. The molecular weight excluding hydrogens is 364 g/mol. The van der Waals surface area contributed by atoms with Crippen LogP contribution in [0.3, 0.4) is 0 Å². The van der Waals surface area contributed by atoms with Gasteiger partial charge in [0.05, 0.1) is 11.4 Å². The molecule has 0 spiro atoms. The zero-order chi connectivity index (χ0) is 20.2. The molecule has 0 N–H and O–H groups in total. The Morgan fingerprint density at radius 3 is 0.967 bits per heavy atom. The third-order valence-electron chi connectivity index (χ3n) is 5.19. The van der Waals surface area contributed by atoms with Gasteiger partial charge >= 0.3 is 0 Å². The van der Waals surface area contributed by atoms with Crippen LogP contribution in [-0.4, -0.2) is 0 Å². The van der Waals surface area contributed by atoms with Crippen molar-refractivity contribution in [2.75, 3.05) is 0 Å². The zero-order valence-electron chi connectivity index (χ0n) is 16.4. The second-order valence-electron chi connectivity index (χ2n) is 7.16. The molecule has 0 heterocycles. The van der Waals surface area contributed by atoms with Crippen LogP contribution in [0.15, 0.2) is 132 Å². The molecule has 30 heavy (non-hydrogen) atoms. The van der Waals surface area contributed by atoms with Gasteiger partial charge in [0.15, 0.2) is 0 Å². The van der Waals surface area contributed by atoms with Crippen molar-refractivity contribution in [3.8, 4) is 0 Å². The van der Waals surface area contributed by atoms with E-state index in [0.717, 1.165) is 11.4 Å². The number of azo groups is 1. The normalized spacial score (nSPS) is 11.2. The van der Waals surface area contributed by atoms with Crippen molar-refractivity contribution < 1.29 is 0 Å². The lowest BCUT2D eigenvalue weighted by atomic mass is 9.95. The van der Waals surface area contributed by atoms with Gasteiger partial charge in [0, 0.05) is 0 Å². The van der Waals surface area contributed by atoms with Crippen molar-refractivity contribution in [3.63, 3.8) is 0 Å². The van der Waals surface area contributed by atoms with Gasteiger partial charge < -0.3 is 0 Å². The Hall–Kier alpha value is -4.04. The Bertz CT molecular complexity index is 1250. The van der Waals surface area contributed by atoms with Crippen molar-refractivity contribution in [1.29, 1.82) is 0 Å². The predicted octanol–water partition coefficient (Wildman–Crippen LogP) is 8.69. The van der Waals surface area contributed by atoms with Gasteiger partial charge in [0.1, 0.15) is 0 Å². The summed E-state index contributed by atoms with van der Waals surface area (Å²) in [6, 6.07) is 41.2. The predicted molar refractivity (Wildman–Crippen MR) is 127 cm³/mol. The molecule has 2 heteroatoms. The lowest BCUT2D eigenvalue weighted by molar-refractivity contribution is 1.23. The van der Waals surface area contributed by atoms with Crippen LogP contribution in [0.4, 0.5) is 11.4 Å². The summed E-state index contributed by atoms with van der Waals surface area (Å²) in [7, 11) is 0. The van der Waals surface area contributed by atoms with Gasteiger partial charge in [-0.3, -0.25) is 0 Å². The van der Waals surface area contributed by atoms with Crippen molar-refractivity contribution in [1.82, 2.24) is 0 Å². The number of benzene rings is 6. The SMILES string of the molecule is c1cc2ccc3cccc4ccc(c1)c2c34.c1ccc(N=Nc2ccccc2)cc1. The van der Waals surface area contributed by atoms with E-state index in [2.05, 4.69) is 70.9 Å². The Labute approximate surface area is 175 Å². The summed E-state index contributed by atoms with van der Waals surface area (Å²) in [5, 5.41) is 16.3. The fourth-order valence-corrected chi connectivity index (χ4v) is 3.77. The molecule has 0 aliphatic heterocycles. The fraction of sp³-hybridized carbons (Fsp3) is 0. The first-order chi connectivity index (χ1) is 14.9. The molecule has 0 unspecified atom stereocenters. The van der Waals surface area contributed by atoms with E-state index in [-0.39, 0.29) is 0 Å². The van der Waals surface area contributed by atoms with Crippen molar-refractivity contribution in [2.45, 2.75) is 0 Å². The Morgan fingerprint density at radius 2 is 0.633 bits per heavy atom. The van der Waals surface area contributed by atoms with Crippen LogP contribution >= 0.6 is 0 Å². The van der Waals surface area contributed by atoms with E-state index in [4.69, 9.17) is 0 Å². The van der Waals surface area contributed by atoms with Crippen LogP contribution in [0.1, 0.15) is 0 Å². The number of rotatable bonds is 2. The maximum absolute atomic E-state index is 4.10. The van der Waals surface area contributed by atoms with Crippen LogP contribution in [0.25, 0.3) is 32.3 Å². The van der Waals surface area contributed by atoms with Gasteiger partial charge in [-0.1, -0.05) is 97.1 Å². The fourth-order valence-electron chi connectivity index (χ4n) is 3.77. The second-order valence-corrected chi connectivity index (χ2v) is 7.16. The highest BCUT2D eigenvalue weighted by molar-refractivity contribution is 6.22.